The SMILES string of the molecule is CC(C)(c1ccccc1)c1ccc(OCC(O)Cn2nc(-c3ccco3)oc2=O)cc1. The molecule has 160 valence electrons. The first kappa shape index (κ1) is 20.7. The van der Waals surface area contributed by atoms with Gasteiger partial charge in [-0.3, -0.25) is 0 Å². The van der Waals surface area contributed by atoms with Crippen LogP contribution < -0.4 is 10.5 Å². The molecule has 7 nitrogen and oxygen atoms in total. The summed E-state index contributed by atoms with van der Waals surface area (Å²) < 4.78 is 17.0. The van der Waals surface area contributed by atoms with Crippen LogP contribution in [-0.4, -0.2) is 27.6 Å². The second kappa shape index (κ2) is 8.65. The topological polar surface area (TPSA) is 90.6 Å². The summed E-state index contributed by atoms with van der Waals surface area (Å²) in [5.74, 6) is 0.383. The van der Waals surface area contributed by atoms with Crippen molar-refractivity contribution < 1.29 is 18.7 Å². The molecule has 0 saturated carbocycles. The van der Waals surface area contributed by atoms with E-state index in [1.165, 1.54) is 11.8 Å². The maximum atomic E-state index is 11.9. The van der Waals surface area contributed by atoms with Crippen LogP contribution in [0.4, 0.5) is 0 Å². The summed E-state index contributed by atoms with van der Waals surface area (Å²) >= 11 is 0. The Balaban J connectivity index is 1.36. The van der Waals surface area contributed by atoms with Crippen LogP contribution in [0.2, 0.25) is 0 Å². The van der Waals surface area contributed by atoms with Crippen molar-refractivity contribution in [2.24, 2.45) is 0 Å². The molecule has 0 amide bonds. The van der Waals surface area contributed by atoms with Gasteiger partial charge in [0.1, 0.15) is 18.5 Å². The van der Waals surface area contributed by atoms with E-state index in [4.69, 9.17) is 13.6 Å². The van der Waals surface area contributed by atoms with E-state index >= 15 is 0 Å². The number of hydrogen-bond donors (Lipinski definition) is 1. The van der Waals surface area contributed by atoms with Gasteiger partial charge in [0.15, 0.2) is 5.76 Å². The molecule has 0 saturated heterocycles. The van der Waals surface area contributed by atoms with Crippen LogP contribution in [0.25, 0.3) is 11.7 Å². The number of aliphatic hydroxyl groups excluding tert-OH is 1. The van der Waals surface area contributed by atoms with E-state index in [0.29, 0.717) is 11.5 Å². The summed E-state index contributed by atoms with van der Waals surface area (Å²) in [4.78, 5) is 11.9. The van der Waals surface area contributed by atoms with E-state index in [2.05, 4.69) is 31.1 Å². The molecule has 0 aliphatic rings. The summed E-state index contributed by atoms with van der Waals surface area (Å²) in [7, 11) is 0. The Bertz CT molecular complexity index is 1160. The van der Waals surface area contributed by atoms with Crippen LogP contribution >= 0.6 is 0 Å². The van der Waals surface area contributed by atoms with Crippen LogP contribution in [0, 0.1) is 0 Å². The third-order valence-corrected chi connectivity index (χ3v) is 5.24. The minimum absolute atomic E-state index is 0.0107. The highest BCUT2D eigenvalue weighted by atomic mass is 16.5. The van der Waals surface area contributed by atoms with Crippen molar-refractivity contribution in [2.75, 3.05) is 6.61 Å². The highest BCUT2D eigenvalue weighted by Gasteiger charge is 2.22. The van der Waals surface area contributed by atoms with Crippen LogP contribution in [0.5, 0.6) is 5.75 Å². The molecule has 1 unspecified atom stereocenters. The van der Waals surface area contributed by atoms with E-state index in [9.17, 15) is 9.90 Å². The van der Waals surface area contributed by atoms with Crippen LogP contribution in [0.1, 0.15) is 25.0 Å². The van der Waals surface area contributed by atoms with Gasteiger partial charge >= 0.3 is 5.76 Å². The molecule has 4 aromatic rings. The van der Waals surface area contributed by atoms with Crippen molar-refractivity contribution in [1.82, 2.24) is 9.78 Å². The lowest BCUT2D eigenvalue weighted by molar-refractivity contribution is 0.0875. The minimum atomic E-state index is -0.937. The lowest BCUT2D eigenvalue weighted by Crippen LogP contribution is -2.29. The van der Waals surface area contributed by atoms with Crippen LogP contribution in [-0.2, 0) is 12.0 Å². The monoisotopic (exact) mass is 420 g/mol. The van der Waals surface area contributed by atoms with Crippen molar-refractivity contribution in [3.05, 3.63) is 94.7 Å². The number of benzene rings is 2. The Labute approximate surface area is 179 Å². The lowest BCUT2D eigenvalue weighted by atomic mass is 9.78. The van der Waals surface area contributed by atoms with Gasteiger partial charge in [0.05, 0.1) is 12.8 Å². The predicted octanol–water partition coefficient (Wildman–Crippen LogP) is 3.86. The Hall–Kier alpha value is -3.58. The van der Waals surface area contributed by atoms with Gasteiger partial charge in [0.2, 0.25) is 0 Å². The molecule has 4 rings (SSSR count). The summed E-state index contributed by atoms with van der Waals surface area (Å²) in [5.41, 5.74) is 2.25. The van der Waals surface area contributed by atoms with Crippen LogP contribution in [0.15, 0.2) is 86.6 Å². The quantitative estimate of drug-likeness (QED) is 0.465. The number of hydrogen-bond acceptors (Lipinski definition) is 6. The zero-order chi connectivity index (χ0) is 21.8. The normalized spacial score (nSPS) is 12.6. The lowest BCUT2D eigenvalue weighted by Gasteiger charge is -2.26. The molecule has 0 radical (unpaired) electrons. The Morgan fingerprint density at radius 3 is 2.42 bits per heavy atom. The van der Waals surface area contributed by atoms with Gasteiger partial charge in [-0.1, -0.05) is 56.3 Å². The smallest absolute Gasteiger partial charge is 0.437 e. The maximum Gasteiger partial charge on any atom is 0.437 e. The fourth-order valence-corrected chi connectivity index (χ4v) is 3.36. The average molecular weight is 420 g/mol. The standard InChI is InChI=1S/C24H24N2O5/c1-24(2,17-7-4-3-5-8-17)18-10-12-20(13-11-18)30-16-19(27)15-26-23(28)31-22(25-26)21-9-6-14-29-21/h3-14,19,27H,15-16H2,1-2H3. The van der Waals surface area contributed by atoms with Crippen molar-refractivity contribution in [3.63, 3.8) is 0 Å². The first-order chi connectivity index (χ1) is 14.9. The number of furan rings is 1. The van der Waals surface area contributed by atoms with Gasteiger partial charge in [0.25, 0.3) is 5.89 Å². The van der Waals surface area contributed by atoms with Gasteiger partial charge in [0, 0.05) is 5.41 Å². The van der Waals surface area contributed by atoms with Crippen molar-refractivity contribution >= 4 is 0 Å². The molecule has 2 heterocycles. The molecule has 0 bridgehead atoms. The third-order valence-electron chi connectivity index (χ3n) is 5.24. The second-order valence-electron chi connectivity index (χ2n) is 7.81. The molecule has 2 aromatic carbocycles. The molecule has 1 N–H and O–H groups in total. The average Bonchev–Trinajstić information content (AvgIpc) is 3.44. The summed E-state index contributed by atoms with van der Waals surface area (Å²) in [6.07, 6.45) is 0.524. The molecular formula is C24H24N2O5. The number of ether oxygens (including phenoxy) is 1. The Morgan fingerprint density at radius 1 is 1.03 bits per heavy atom. The Morgan fingerprint density at radius 2 is 1.74 bits per heavy atom. The van der Waals surface area contributed by atoms with Gasteiger partial charge < -0.3 is 18.7 Å². The highest BCUT2D eigenvalue weighted by molar-refractivity contribution is 5.42. The minimum Gasteiger partial charge on any atom is -0.491 e. The second-order valence-corrected chi connectivity index (χ2v) is 7.81. The number of rotatable bonds is 8. The molecule has 0 spiro atoms. The van der Waals surface area contributed by atoms with Gasteiger partial charge in [-0.05, 0) is 35.4 Å². The molecule has 7 heteroatoms. The molecule has 0 fully saturated rings. The van der Waals surface area contributed by atoms with E-state index < -0.39 is 11.9 Å². The van der Waals surface area contributed by atoms with Crippen molar-refractivity contribution in [1.29, 1.82) is 0 Å². The van der Waals surface area contributed by atoms with Gasteiger partial charge in [-0.15, -0.1) is 5.10 Å². The number of aromatic nitrogens is 2. The fraction of sp³-hybridized carbons (Fsp3) is 0.250. The first-order valence-electron chi connectivity index (χ1n) is 10.0. The predicted molar refractivity (Wildman–Crippen MR) is 115 cm³/mol. The molecule has 31 heavy (non-hydrogen) atoms. The van der Waals surface area contributed by atoms with Gasteiger partial charge in [-0.25, -0.2) is 4.79 Å². The number of nitrogens with zero attached hydrogens (tertiary/aromatic N) is 2. The van der Waals surface area contributed by atoms with Crippen molar-refractivity contribution in [3.8, 4) is 17.4 Å². The molecule has 1 atom stereocenters. The molecular weight excluding hydrogens is 396 g/mol. The zero-order valence-electron chi connectivity index (χ0n) is 17.4. The van der Waals surface area contributed by atoms with Gasteiger partial charge in [-0.2, -0.15) is 4.68 Å². The molecule has 0 aliphatic heterocycles. The van der Waals surface area contributed by atoms with E-state index in [1.807, 2.05) is 42.5 Å². The summed E-state index contributed by atoms with van der Waals surface area (Å²) in [6, 6.07) is 21.4. The largest absolute Gasteiger partial charge is 0.491 e. The first-order valence-corrected chi connectivity index (χ1v) is 10.0. The van der Waals surface area contributed by atoms with E-state index in [-0.39, 0.29) is 24.5 Å². The van der Waals surface area contributed by atoms with E-state index in [0.717, 1.165) is 10.2 Å². The number of aliphatic hydroxyl groups is 1. The zero-order valence-corrected chi connectivity index (χ0v) is 17.4. The molecule has 2 aromatic heterocycles. The fourth-order valence-electron chi connectivity index (χ4n) is 3.36. The van der Waals surface area contributed by atoms with E-state index in [1.54, 1.807) is 12.1 Å². The van der Waals surface area contributed by atoms with Crippen molar-refractivity contribution in [2.45, 2.75) is 31.9 Å². The maximum absolute atomic E-state index is 11.9. The summed E-state index contributed by atoms with van der Waals surface area (Å²) in [5, 5.41) is 14.3. The van der Waals surface area contributed by atoms with Crippen LogP contribution in [0.3, 0.4) is 0 Å². The third kappa shape index (κ3) is 4.62. The summed E-state index contributed by atoms with van der Waals surface area (Å²) in [6.45, 7) is 4.31. The Kier molecular flexibility index (Phi) is 5.77. The molecule has 0 aliphatic carbocycles. The highest BCUT2D eigenvalue weighted by Crippen LogP contribution is 2.32.